The monoisotopic (exact) mass is 372 g/mol. The van der Waals surface area contributed by atoms with E-state index in [9.17, 15) is 9.59 Å². The molecule has 0 unspecified atom stereocenters. The number of thiophene rings is 1. The average molecular weight is 372 g/mol. The Hall–Kier alpha value is -1.95. The lowest BCUT2D eigenvalue weighted by Crippen LogP contribution is -2.17. The van der Waals surface area contributed by atoms with Crippen molar-refractivity contribution in [3.8, 4) is 0 Å². The fourth-order valence-electron chi connectivity index (χ4n) is 3.93. The third-order valence-corrected chi connectivity index (χ3v) is 6.46. The van der Waals surface area contributed by atoms with Crippen molar-refractivity contribution in [2.45, 2.75) is 64.3 Å². The minimum absolute atomic E-state index is 0.151. The quantitative estimate of drug-likeness (QED) is 0.818. The van der Waals surface area contributed by atoms with E-state index in [-0.39, 0.29) is 11.4 Å². The van der Waals surface area contributed by atoms with Gasteiger partial charge in [0.25, 0.3) is 5.91 Å². The van der Waals surface area contributed by atoms with Gasteiger partial charge in [0.1, 0.15) is 17.9 Å². The highest BCUT2D eigenvalue weighted by Gasteiger charge is 2.33. The summed E-state index contributed by atoms with van der Waals surface area (Å²) in [5.41, 5.74) is 3.28. The average Bonchev–Trinajstić information content (AvgIpc) is 3.30. The summed E-state index contributed by atoms with van der Waals surface area (Å²) in [7, 11) is 0. The van der Waals surface area contributed by atoms with Gasteiger partial charge in [0.2, 0.25) is 5.90 Å². The van der Waals surface area contributed by atoms with Crippen LogP contribution in [0.25, 0.3) is 0 Å². The van der Waals surface area contributed by atoms with Gasteiger partial charge in [-0.15, -0.1) is 11.3 Å². The molecule has 0 atom stereocenters. The number of allylic oxidation sites excluding steroid dienone is 1. The number of aldehydes is 1. The number of carbonyl (C=O) groups excluding carboxylic acids is 2. The first-order valence-corrected chi connectivity index (χ1v) is 10.2. The predicted octanol–water partition coefficient (Wildman–Crippen LogP) is 3.80. The number of ether oxygens (including phenoxy) is 1. The summed E-state index contributed by atoms with van der Waals surface area (Å²) < 4.78 is 5.91. The predicted molar refractivity (Wildman–Crippen MR) is 103 cm³/mol. The Bertz CT molecular complexity index is 832. The first kappa shape index (κ1) is 17.5. The van der Waals surface area contributed by atoms with Crippen molar-refractivity contribution in [3.05, 3.63) is 27.2 Å². The van der Waals surface area contributed by atoms with Crippen LogP contribution in [0.2, 0.25) is 0 Å². The van der Waals surface area contributed by atoms with Crippen LogP contribution in [0, 0.1) is 0 Å². The molecule has 0 bridgehead atoms. The number of fused-ring (bicyclic) bond motifs is 1. The summed E-state index contributed by atoms with van der Waals surface area (Å²) >= 11 is 1.64. The second-order valence-electron chi connectivity index (χ2n) is 7.86. The Morgan fingerprint density at radius 3 is 2.73 bits per heavy atom. The molecule has 1 aromatic rings. The van der Waals surface area contributed by atoms with Crippen molar-refractivity contribution >= 4 is 34.4 Å². The maximum atomic E-state index is 12.8. The van der Waals surface area contributed by atoms with Gasteiger partial charge in [-0.1, -0.05) is 0 Å². The largest absolute Gasteiger partial charge is 0.475 e. The molecule has 0 radical (unpaired) electrons. The fraction of sp³-hybridized carbons (Fsp3) is 0.550. The molecule has 1 aromatic heterocycles. The molecule has 0 saturated carbocycles. The fourth-order valence-corrected chi connectivity index (χ4v) is 5.20. The highest BCUT2D eigenvalue weighted by atomic mass is 32.1. The van der Waals surface area contributed by atoms with E-state index in [4.69, 9.17) is 9.73 Å². The first-order valence-electron chi connectivity index (χ1n) is 9.34. The van der Waals surface area contributed by atoms with Gasteiger partial charge in [-0.2, -0.15) is 0 Å². The lowest BCUT2D eigenvalue weighted by Gasteiger charge is -2.13. The highest BCUT2D eigenvalue weighted by molar-refractivity contribution is 7.17. The van der Waals surface area contributed by atoms with E-state index < -0.39 is 0 Å². The molecule has 2 aliphatic carbocycles. The Balaban J connectivity index is 1.71. The number of aryl methyl sites for hydroxylation is 1. The van der Waals surface area contributed by atoms with Crippen LogP contribution in [0.1, 0.15) is 62.0 Å². The van der Waals surface area contributed by atoms with Crippen LogP contribution < -0.4 is 5.32 Å². The normalized spacial score (nSPS) is 21.2. The van der Waals surface area contributed by atoms with E-state index in [1.165, 1.54) is 16.9 Å². The number of amides is 1. The molecule has 0 fully saturated rings. The van der Waals surface area contributed by atoms with Crippen LogP contribution in [0.3, 0.4) is 0 Å². The molecular formula is C20H24N2O3S. The van der Waals surface area contributed by atoms with Crippen molar-refractivity contribution in [2.75, 3.05) is 11.9 Å². The molecule has 6 heteroatoms. The molecule has 1 amide bonds. The number of aliphatic imine (C=N–C) groups is 1. The molecule has 3 aliphatic rings. The number of hydrogen-bond acceptors (Lipinski definition) is 5. The SMILES string of the molecule is CC1(C)COC(c2c(NC(=O)C3=C(C=O)CCC3)sc3c2CCCC3)=N1. The molecule has 0 spiro atoms. The van der Waals surface area contributed by atoms with Crippen molar-refractivity contribution in [1.82, 2.24) is 0 Å². The Morgan fingerprint density at radius 1 is 1.19 bits per heavy atom. The zero-order chi connectivity index (χ0) is 18.3. The van der Waals surface area contributed by atoms with Gasteiger partial charge in [0, 0.05) is 16.0 Å². The molecule has 2 heterocycles. The van der Waals surface area contributed by atoms with E-state index in [0.29, 0.717) is 36.5 Å². The van der Waals surface area contributed by atoms with E-state index in [1.54, 1.807) is 11.3 Å². The molecular weight excluding hydrogens is 348 g/mol. The van der Waals surface area contributed by atoms with Crippen molar-refractivity contribution < 1.29 is 14.3 Å². The minimum Gasteiger partial charge on any atom is -0.475 e. The van der Waals surface area contributed by atoms with Gasteiger partial charge in [0.15, 0.2) is 0 Å². The Kier molecular flexibility index (Phi) is 4.47. The van der Waals surface area contributed by atoms with Crippen molar-refractivity contribution in [1.29, 1.82) is 0 Å². The molecule has 5 nitrogen and oxygen atoms in total. The topological polar surface area (TPSA) is 67.8 Å². The zero-order valence-electron chi connectivity index (χ0n) is 15.3. The number of hydrogen-bond donors (Lipinski definition) is 1. The van der Waals surface area contributed by atoms with Gasteiger partial charge in [-0.25, -0.2) is 4.99 Å². The van der Waals surface area contributed by atoms with Gasteiger partial charge in [-0.05, 0) is 64.4 Å². The summed E-state index contributed by atoms with van der Waals surface area (Å²) in [5.74, 6) is 0.503. The first-order chi connectivity index (χ1) is 12.5. The molecule has 0 saturated heterocycles. The smallest absolute Gasteiger partial charge is 0.252 e. The van der Waals surface area contributed by atoms with Gasteiger partial charge in [-0.3, -0.25) is 9.59 Å². The third-order valence-electron chi connectivity index (χ3n) is 5.26. The maximum absolute atomic E-state index is 12.8. The van der Waals surface area contributed by atoms with Crippen LogP contribution in [0.5, 0.6) is 0 Å². The summed E-state index contributed by atoms with van der Waals surface area (Å²) in [6.45, 7) is 4.66. The zero-order valence-corrected chi connectivity index (χ0v) is 16.1. The lowest BCUT2D eigenvalue weighted by atomic mass is 9.95. The second-order valence-corrected chi connectivity index (χ2v) is 8.97. The van der Waals surface area contributed by atoms with E-state index in [0.717, 1.165) is 42.5 Å². The second kappa shape index (κ2) is 6.65. The van der Waals surface area contributed by atoms with Crippen LogP contribution >= 0.6 is 11.3 Å². The molecule has 4 rings (SSSR count). The summed E-state index contributed by atoms with van der Waals surface area (Å²) in [4.78, 5) is 30.1. The van der Waals surface area contributed by atoms with Crippen molar-refractivity contribution in [3.63, 3.8) is 0 Å². The number of nitrogens with one attached hydrogen (secondary N) is 1. The lowest BCUT2D eigenvalue weighted by molar-refractivity contribution is -0.113. The highest BCUT2D eigenvalue weighted by Crippen LogP contribution is 2.40. The third kappa shape index (κ3) is 3.11. The van der Waals surface area contributed by atoms with Gasteiger partial charge < -0.3 is 10.1 Å². The number of rotatable bonds is 4. The van der Waals surface area contributed by atoms with E-state index >= 15 is 0 Å². The number of nitrogens with zero attached hydrogens (tertiary/aromatic N) is 1. The van der Waals surface area contributed by atoms with Crippen LogP contribution in [-0.4, -0.2) is 30.2 Å². The molecule has 138 valence electrons. The van der Waals surface area contributed by atoms with E-state index in [2.05, 4.69) is 19.2 Å². The van der Waals surface area contributed by atoms with Gasteiger partial charge in [0.05, 0.1) is 11.1 Å². The number of carbonyl (C=O) groups is 2. The Labute approximate surface area is 157 Å². The van der Waals surface area contributed by atoms with Crippen LogP contribution in [0.4, 0.5) is 5.00 Å². The summed E-state index contributed by atoms with van der Waals surface area (Å²) in [6, 6.07) is 0. The standard InChI is InChI=1S/C20H24N2O3S/c1-20(2)11-25-18(22-20)16-14-7-3-4-9-15(14)26-19(16)21-17(24)13-8-5-6-12(13)10-23/h10H,3-9,11H2,1-2H3,(H,21,24). The maximum Gasteiger partial charge on any atom is 0.252 e. The number of anilines is 1. The molecule has 26 heavy (non-hydrogen) atoms. The van der Waals surface area contributed by atoms with Crippen molar-refractivity contribution in [2.24, 2.45) is 4.99 Å². The summed E-state index contributed by atoms with van der Waals surface area (Å²) in [5, 5.41) is 3.90. The van der Waals surface area contributed by atoms with Crippen LogP contribution in [-0.2, 0) is 27.2 Å². The van der Waals surface area contributed by atoms with E-state index in [1.807, 2.05) is 0 Å². The molecule has 1 N–H and O–H groups in total. The summed E-state index contributed by atoms with van der Waals surface area (Å²) in [6.07, 6.45) is 7.45. The molecule has 1 aliphatic heterocycles. The van der Waals surface area contributed by atoms with Gasteiger partial charge >= 0.3 is 0 Å². The Morgan fingerprint density at radius 2 is 2.00 bits per heavy atom. The minimum atomic E-state index is -0.237. The van der Waals surface area contributed by atoms with Crippen LogP contribution in [0.15, 0.2) is 16.1 Å². The molecule has 0 aromatic carbocycles.